The number of likely N-dealkylation sites (tertiary alicyclic amines) is 1. The Labute approximate surface area is 242 Å². The van der Waals surface area contributed by atoms with Gasteiger partial charge in [0.15, 0.2) is 0 Å². The lowest BCUT2D eigenvalue weighted by atomic mass is 9.74. The monoisotopic (exact) mass is 565 g/mol. The molecule has 40 heavy (non-hydrogen) atoms. The number of carbonyl (C=O) groups excluding carboxylic acids is 3. The summed E-state index contributed by atoms with van der Waals surface area (Å²) in [6.07, 6.45) is 14.7. The maximum absolute atomic E-state index is 14.5. The maximum atomic E-state index is 14.5. The number of hydrogen-bond donors (Lipinski definition) is 1. The van der Waals surface area contributed by atoms with Crippen molar-refractivity contribution in [1.82, 2.24) is 9.80 Å². The molecule has 1 N–H and O–H groups in total. The standard InChI is InChI=1S/C32H43N3O4S/c1-3-4-10-19-33-20-14-18-32-26(29(38)35(27(32)30(33)39)21-11-5-6-12-23-36)25-28(37)34(24-15-8-7-9-16-24)22-13-17-31(25,2)40-32/h7-9,13-18,25-27,36H,3-6,10-12,19-23H2,1-2H3/t25-,26+,27?,31+,32+/m1/s1. The Kier molecular flexibility index (Phi) is 8.76. The molecule has 7 nitrogen and oxygen atoms in total. The molecule has 4 aliphatic heterocycles. The summed E-state index contributed by atoms with van der Waals surface area (Å²) in [7, 11) is 0. The van der Waals surface area contributed by atoms with Crippen LogP contribution in [-0.4, -0.2) is 80.9 Å². The van der Waals surface area contributed by atoms with Crippen LogP contribution in [0.4, 0.5) is 5.69 Å². The number of aliphatic hydroxyl groups excluding tert-OH is 1. The Bertz CT molecular complexity index is 1160. The van der Waals surface area contributed by atoms with Gasteiger partial charge in [-0.1, -0.05) is 75.1 Å². The smallest absolute Gasteiger partial charge is 0.247 e. The van der Waals surface area contributed by atoms with Crippen LogP contribution in [0.5, 0.6) is 0 Å². The van der Waals surface area contributed by atoms with Gasteiger partial charge in [-0.2, -0.15) is 0 Å². The van der Waals surface area contributed by atoms with Crippen LogP contribution in [0.15, 0.2) is 54.6 Å². The maximum Gasteiger partial charge on any atom is 0.247 e. The number of benzene rings is 1. The molecule has 4 heterocycles. The van der Waals surface area contributed by atoms with Gasteiger partial charge in [-0.3, -0.25) is 14.4 Å². The second kappa shape index (κ2) is 12.1. The molecule has 2 fully saturated rings. The van der Waals surface area contributed by atoms with Gasteiger partial charge in [0.25, 0.3) is 0 Å². The predicted molar refractivity (Wildman–Crippen MR) is 160 cm³/mol. The van der Waals surface area contributed by atoms with Gasteiger partial charge in [0.1, 0.15) is 6.04 Å². The van der Waals surface area contributed by atoms with Crippen LogP contribution in [-0.2, 0) is 14.4 Å². The lowest BCUT2D eigenvalue weighted by Gasteiger charge is -2.37. The number of thioether (sulfide) groups is 1. The molecule has 1 spiro atoms. The molecule has 2 saturated heterocycles. The van der Waals surface area contributed by atoms with Crippen LogP contribution >= 0.6 is 11.8 Å². The van der Waals surface area contributed by atoms with Crippen molar-refractivity contribution in [3.63, 3.8) is 0 Å². The number of para-hydroxylation sites is 1. The third-order valence-corrected chi connectivity index (χ3v) is 10.8. The zero-order chi connectivity index (χ0) is 28.3. The zero-order valence-electron chi connectivity index (χ0n) is 23.8. The molecule has 0 radical (unpaired) electrons. The quantitative estimate of drug-likeness (QED) is 0.317. The summed E-state index contributed by atoms with van der Waals surface area (Å²) < 4.78 is -1.40. The van der Waals surface area contributed by atoms with Gasteiger partial charge in [-0.25, -0.2) is 0 Å². The topological polar surface area (TPSA) is 81.2 Å². The molecule has 1 aromatic carbocycles. The van der Waals surface area contributed by atoms with Crippen LogP contribution in [0.25, 0.3) is 0 Å². The number of aliphatic hydroxyl groups is 1. The average molecular weight is 566 g/mol. The summed E-state index contributed by atoms with van der Waals surface area (Å²) >= 11 is 1.65. The highest BCUT2D eigenvalue weighted by Crippen LogP contribution is 2.65. The van der Waals surface area contributed by atoms with E-state index in [1.165, 1.54) is 0 Å². The van der Waals surface area contributed by atoms with Crippen molar-refractivity contribution in [2.24, 2.45) is 11.8 Å². The number of nitrogens with zero attached hydrogens (tertiary/aromatic N) is 3. The third kappa shape index (κ3) is 5.02. The van der Waals surface area contributed by atoms with Gasteiger partial charge in [0.05, 0.1) is 16.6 Å². The van der Waals surface area contributed by atoms with E-state index in [0.29, 0.717) is 26.2 Å². The van der Waals surface area contributed by atoms with E-state index in [0.717, 1.165) is 50.6 Å². The van der Waals surface area contributed by atoms with E-state index in [1.54, 1.807) is 16.7 Å². The second-order valence-electron chi connectivity index (χ2n) is 11.7. The van der Waals surface area contributed by atoms with Crippen molar-refractivity contribution in [1.29, 1.82) is 0 Å². The summed E-state index contributed by atoms with van der Waals surface area (Å²) in [5.74, 6) is -1.29. The lowest BCUT2D eigenvalue weighted by Crippen LogP contribution is -2.53. The minimum Gasteiger partial charge on any atom is -0.396 e. The van der Waals surface area contributed by atoms with Crippen molar-refractivity contribution in [3.8, 4) is 0 Å². The Morgan fingerprint density at radius 2 is 1.57 bits per heavy atom. The fourth-order valence-corrected chi connectivity index (χ4v) is 9.31. The lowest BCUT2D eigenvalue weighted by molar-refractivity contribution is -0.142. The van der Waals surface area contributed by atoms with Gasteiger partial charge in [-0.15, -0.1) is 11.8 Å². The molecule has 0 aromatic heterocycles. The number of rotatable bonds is 11. The van der Waals surface area contributed by atoms with E-state index in [9.17, 15) is 19.5 Å². The molecular weight excluding hydrogens is 522 g/mol. The number of carbonyl (C=O) groups is 3. The van der Waals surface area contributed by atoms with Gasteiger partial charge in [0.2, 0.25) is 17.7 Å². The van der Waals surface area contributed by atoms with E-state index in [1.807, 2.05) is 46.2 Å². The van der Waals surface area contributed by atoms with Crippen molar-refractivity contribution >= 4 is 35.2 Å². The molecule has 3 amide bonds. The third-order valence-electron chi connectivity index (χ3n) is 9.05. The minimum atomic E-state index is -0.794. The molecule has 0 saturated carbocycles. The fraction of sp³-hybridized carbons (Fsp3) is 0.594. The molecular formula is C32H43N3O4S. The molecule has 0 aliphatic carbocycles. The van der Waals surface area contributed by atoms with Crippen molar-refractivity contribution < 1.29 is 19.5 Å². The Morgan fingerprint density at radius 1 is 0.850 bits per heavy atom. The normalized spacial score (nSPS) is 31.3. The first-order valence-corrected chi connectivity index (χ1v) is 15.8. The van der Waals surface area contributed by atoms with Crippen molar-refractivity contribution in [2.45, 2.75) is 74.3 Å². The molecule has 1 unspecified atom stereocenters. The van der Waals surface area contributed by atoms with Crippen LogP contribution in [0, 0.1) is 11.8 Å². The Hall–Kier alpha value is -2.58. The van der Waals surface area contributed by atoms with Gasteiger partial charge in [0, 0.05) is 43.2 Å². The van der Waals surface area contributed by atoms with E-state index in [2.05, 4.69) is 32.1 Å². The highest BCUT2D eigenvalue weighted by Gasteiger charge is 2.73. The van der Waals surface area contributed by atoms with Crippen LogP contribution in [0.3, 0.4) is 0 Å². The second-order valence-corrected chi connectivity index (χ2v) is 13.5. The zero-order valence-corrected chi connectivity index (χ0v) is 24.7. The summed E-state index contributed by atoms with van der Waals surface area (Å²) in [5.41, 5.74) is 0.824. The highest BCUT2D eigenvalue weighted by molar-refractivity contribution is 8.02. The first kappa shape index (κ1) is 28.9. The number of fused-ring (bicyclic) bond motifs is 2. The molecule has 8 heteroatoms. The molecule has 5 atom stereocenters. The largest absolute Gasteiger partial charge is 0.396 e. The van der Waals surface area contributed by atoms with Crippen molar-refractivity contribution in [3.05, 3.63) is 54.6 Å². The molecule has 216 valence electrons. The van der Waals surface area contributed by atoms with E-state index < -0.39 is 27.4 Å². The fourth-order valence-electron chi connectivity index (χ4n) is 7.15. The van der Waals surface area contributed by atoms with Crippen molar-refractivity contribution in [2.75, 3.05) is 37.7 Å². The van der Waals surface area contributed by atoms with Crippen LogP contribution in [0.2, 0.25) is 0 Å². The number of unbranched alkanes of at least 4 members (excludes halogenated alkanes) is 5. The van der Waals surface area contributed by atoms with Gasteiger partial charge in [-0.05, 0) is 38.3 Å². The first-order chi connectivity index (χ1) is 19.4. The summed E-state index contributed by atoms with van der Waals surface area (Å²) in [4.78, 5) is 48.7. The number of anilines is 1. The van der Waals surface area contributed by atoms with Gasteiger partial charge >= 0.3 is 0 Å². The molecule has 1 aromatic rings. The van der Waals surface area contributed by atoms with Gasteiger partial charge < -0.3 is 19.8 Å². The first-order valence-electron chi connectivity index (χ1n) is 15.0. The number of amides is 3. The summed E-state index contributed by atoms with van der Waals surface area (Å²) in [6.45, 7) is 6.56. The highest BCUT2D eigenvalue weighted by atomic mass is 32.2. The van der Waals surface area contributed by atoms with Crippen LogP contribution < -0.4 is 4.90 Å². The van der Waals surface area contributed by atoms with Crippen LogP contribution in [0.1, 0.15) is 58.8 Å². The predicted octanol–water partition coefficient (Wildman–Crippen LogP) is 4.42. The number of hydrogen-bond acceptors (Lipinski definition) is 5. The summed E-state index contributed by atoms with van der Waals surface area (Å²) in [5, 5.41) is 9.18. The van der Waals surface area contributed by atoms with E-state index in [4.69, 9.17) is 0 Å². The summed E-state index contributed by atoms with van der Waals surface area (Å²) in [6, 6.07) is 9.04. The SMILES string of the molecule is CCCCCN1CC=C[C@]23S[C@@]4(C)C=CCN(c5ccccc5)C(=O)[C@H]4[C@H]2C(=O)N(CCCCCCO)C3C1=O. The van der Waals surface area contributed by atoms with E-state index in [-0.39, 0.29) is 24.3 Å². The molecule has 0 bridgehead atoms. The average Bonchev–Trinajstić information content (AvgIpc) is 3.21. The molecule has 5 rings (SSSR count). The Balaban J connectivity index is 1.52. The minimum absolute atomic E-state index is 0.0104. The molecule has 4 aliphatic rings. The van der Waals surface area contributed by atoms with E-state index >= 15 is 0 Å². The Morgan fingerprint density at radius 3 is 2.33 bits per heavy atom.